The van der Waals surface area contributed by atoms with Gasteiger partial charge < -0.3 is 10.2 Å². The summed E-state index contributed by atoms with van der Waals surface area (Å²) in [5.74, 6) is -1.78. The smallest absolute Gasteiger partial charge is 0.264 e. The molecule has 190 valence electrons. The quantitative estimate of drug-likeness (QED) is 0.448. The van der Waals surface area contributed by atoms with Gasteiger partial charge >= 0.3 is 0 Å². The van der Waals surface area contributed by atoms with Crippen LogP contribution in [0.1, 0.15) is 24.5 Å². The largest absolute Gasteiger partial charge is 0.357 e. The molecular weight excluding hydrogens is 481 g/mol. The highest BCUT2D eigenvalue weighted by atomic mass is 32.2. The van der Waals surface area contributed by atoms with E-state index >= 15 is 0 Å². The molecule has 0 saturated heterocycles. The van der Waals surface area contributed by atoms with Gasteiger partial charge in [-0.1, -0.05) is 61.5 Å². The van der Waals surface area contributed by atoms with E-state index in [-0.39, 0.29) is 23.0 Å². The molecule has 3 aromatic carbocycles. The molecule has 0 aliphatic carbocycles. The zero-order chi connectivity index (χ0) is 26.3. The zero-order valence-corrected chi connectivity index (χ0v) is 21.3. The van der Waals surface area contributed by atoms with Gasteiger partial charge in [0.15, 0.2) is 0 Å². The Hall–Kier alpha value is -3.72. The summed E-state index contributed by atoms with van der Waals surface area (Å²) in [6, 6.07) is 19.5. The van der Waals surface area contributed by atoms with E-state index in [0.717, 1.165) is 21.5 Å². The highest BCUT2D eigenvalue weighted by molar-refractivity contribution is 7.92. The van der Waals surface area contributed by atoms with Crippen LogP contribution in [0.4, 0.5) is 10.1 Å². The molecule has 1 N–H and O–H groups in total. The van der Waals surface area contributed by atoms with E-state index in [4.69, 9.17) is 0 Å². The third kappa shape index (κ3) is 5.91. The van der Waals surface area contributed by atoms with Crippen LogP contribution in [-0.2, 0) is 26.2 Å². The number of halogens is 1. The molecule has 9 heteroatoms. The first-order valence-corrected chi connectivity index (χ1v) is 13.0. The minimum Gasteiger partial charge on any atom is -0.357 e. The molecule has 1 atom stereocenters. The number of likely N-dealkylation sites (N-methyl/N-ethyl adjacent to an activating group) is 1. The number of nitrogens with one attached hydrogen (secondary N) is 1. The second-order valence-corrected chi connectivity index (χ2v) is 10.1. The minimum atomic E-state index is -4.30. The van der Waals surface area contributed by atoms with Gasteiger partial charge in [0.05, 0.1) is 10.6 Å². The van der Waals surface area contributed by atoms with E-state index in [1.165, 1.54) is 42.3 Å². The number of hydrogen-bond donors (Lipinski definition) is 1. The molecule has 1 unspecified atom stereocenters. The molecular formula is C27H30FN3O4S. The number of rotatable bonds is 10. The first-order valence-electron chi connectivity index (χ1n) is 11.6. The van der Waals surface area contributed by atoms with Crippen LogP contribution < -0.4 is 9.62 Å². The summed E-state index contributed by atoms with van der Waals surface area (Å²) in [6.07, 6.45) is 0.308. The Kier molecular flexibility index (Phi) is 8.82. The van der Waals surface area contributed by atoms with Gasteiger partial charge in [0, 0.05) is 13.6 Å². The summed E-state index contributed by atoms with van der Waals surface area (Å²) >= 11 is 0. The maximum Gasteiger partial charge on any atom is 0.264 e. The Bertz CT molecular complexity index is 1320. The lowest BCUT2D eigenvalue weighted by Gasteiger charge is -2.33. The zero-order valence-electron chi connectivity index (χ0n) is 20.5. The van der Waals surface area contributed by atoms with Crippen molar-refractivity contribution in [2.24, 2.45) is 0 Å². The van der Waals surface area contributed by atoms with Crippen molar-refractivity contribution < 1.29 is 22.4 Å². The Morgan fingerprint density at radius 2 is 1.56 bits per heavy atom. The lowest BCUT2D eigenvalue weighted by atomic mass is 10.1. The number of carbonyl (C=O) groups is 2. The van der Waals surface area contributed by atoms with Crippen LogP contribution in [0, 0.1) is 12.7 Å². The van der Waals surface area contributed by atoms with Gasteiger partial charge in [-0.15, -0.1) is 0 Å². The second-order valence-electron chi connectivity index (χ2n) is 8.26. The van der Waals surface area contributed by atoms with Gasteiger partial charge in [-0.05, 0) is 48.7 Å². The van der Waals surface area contributed by atoms with E-state index in [0.29, 0.717) is 6.42 Å². The number of carbonyl (C=O) groups excluding carboxylic acids is 2. The molecule has 0 spiro atoms. The number of para-hydroxylation sites is 1. The van der Waals surface area contributed by atoms with Crippen LogP contribution in [-0.4, -0.2) is 44.8 Å². The summed E-state index contributed by atoms with van der Waals surface area (Å²) in [5.41, 5.74) is 1.49. The summed E-state index contributed by atoms with van der Waals surface area (Å²) < 4.78 is 42.8. The molecule has 36 heavy (non-hydrogen) atoms. The molecule has 0 aromatic heterocycles. The lowest BCUT2D eigenvalue weighted by Crippen LogP contribution is -2.52. The fourth-order valence-corrected chi connectivity index (χ4v) is 5.39. The lowest BCUT2D eigenvalue weighted by molar-refractivity contribution is -0.140. The summed E-state index contributed by atoms with van der Waals surface area (Å²) in [4.78, 5) is 27.7. The van der Waals surface area contributed by atoms with Gasteiger partial charge in [0.1, 0.15) is 18.4 Å². The number of benzene rings is 3. The van der Waals surface area contributed by atoms with Crippen molar-refractivity contribution in [1.29, 1.82) is 0 Å². The van der Waals surface area contributed by atoms with Crippen molar-refractivity contribution in [2.75, 3.05) is 17.9 Å². The third-order valence-corrected chi connectivity index (χ3v) is 7.74. The predicted octanol–water partition coefficient (Wildman–Crippen LogP) is 3.88. The van der Waals surface area contributed by atoms with Crippen LogP contribution in [0.15, 0.2) is 83.8 Å². The van der Waals surface area contributed by atoms with E-state index in [1.807, 2.05) is 31.2 Å². The predicted molar refractivity (Wildman–Crippen MR) is 137 cm³/mol. The Morgan fingerprint density at radius 1 is 0.944 bits per heavy atom. The Labute approximate surface area is 211 Å². The molecule has 0 saturated carbocycles. The van der Waals surface area contributed by atoms with E-state index in [9.17, 15) is 22.4 Å². The van der Waals surface area contributed by atoms with Crippen LogP contribution in [0.25, 0.3) is 0 Å². The van der Waals surface area contributed by atoms with Crippen molar-refractivity contribution in [2.45, 2.75) is 37.8 Å². The fourth-order valence-electron chi connectivity index (χ4n) is 3.94. The van der Waals surface area contributed by atoms with Crippen LogP contribution in [0.3, 0.4) is 0 Å². The highest BCUT2D eigenvalue weighted by Crippen LogP contribution is 2.27. The first kappa shape index (κ1) is 26.9. The maximum atomic E-state index is 14.8. The van der Waals surface area contributed by atoms with Gasteiger partial charge in [-0.2, -0.15) is 0 Å². The number of nitrogens with zero attached hydrogens (tertiary/aromatic N) is 2. The van der Waals surface area contributed by atoms with E-state index in [1.54, 1.807) is 25.1 Å². The molecule has 3 rings (SSSR count). The first-order chi connectivity index (χ1) is 17.2. The van der Waals surface area contributed by atoms with Crippen molar-refractivity contribution >= 4 is 27.5 Å². The van der Waals surface area contributed by atoms with Gasteiger partial charge in [-0.25, -0.2) is 12.8 Å². The molecule has 0 bridgehead atoms. The van der Waals surface area contributed by atoms with Crippen molar-refractivity contribution in [3.63, 3.8) is 0 Å². The third-order valence-electron chi connectivity index (χ3n) is 5.97. The van der Waals surface area contributed by atoms with Crippen LogP contribution >= 0.6 is 0 Å². The number of amides is 2. The highest BCUT2D eigenvalue weighted by Gasteiger charge is 2.34. The van der Waals surface area contributed by atoms with Crippen LogP contribution in [0.5, 0.6) is 0 Å². The standard InChI is InChI=1S/C27H30FN3O4S/c1-4-24(27(33)29-3)30(18-21-13-9-8-12-20(21)2)26(32)19-31(25-17-11-10-16-23(25)28)36(34,35)22-14-6-5-7-15-22/h5-17,24H,4,18-19H2,1-3H3,(H,29,33). The number of hydrogen-bond acceptors (Lipinski definition) is 4. The SMILES string of the molecule is CCC(C(=O)NC)N(Cc1ccccc1C)C(=O)CN(c1ccccc1F)S(=O)(=O)c1ccccc1. The fraction of sp³-hybridized carbons (Fsp3) is 0.259. The van der Waals surface area contributed by atoms with Crippen molar-refractivity contribution in [3.05, 3.63) is 95.8 Å². The van der Waals surface area contributed by atoms with Crippen molar-refractivity contribution in [1.82, 2.24) is 10.2 Å². The molecule has 0 aliphatic heterocycles. The number of sulfonamides is 1. The average molecular weight is 512 g/mol. The Morgan fingerprint density at radius 3 is 2.17 bits per heavy atom. The Balaban J connectivity index is 2.08. The normalized spacial score (nSPS) is 12.0. The number of anilines is 1. The minimum absolute atomic E-state index is 0.0788. The van der Waals surface area contributed by atoms with Crippen LogP contribution in [0.2, 0.25) is 0 Å². The molecule has 0 heterocycles. The molecule has 2 amide bonds. The summed E-state index contributed by atoms with van der Waals surface area (Å²) in [7, 11) is -2.82. The van der Waals surface area contributed by atoms with Crippen molar-refractivity contribution in [3.8, 4) is 0 Å². The topological polar surface area (TPSA) is 86.8 Å². The molecule has 0 fully saturated rings. The second kappa shape index (κ2) is 11.8. The molecule has 7 nitrogen and oxygen atoms in total. The van der Waals surface area contributed by atoms with E-state index < -0.39 is 34.3 Å². The monoisotopic (exact) mass is 511 g/mol. The van der Waals surface area contributed by atoms with Gasteiger partial charge in [0.25, 0.3) is 10.0 Å². The van der Waals surface area contributed by atoms with E-state index in [2.05, 4.69) is 5.32 Å². The summed E-state index contributed by atoms with van der Waals surface area (Å²) in [5, 5.41) is 2.58. The average Bonchev–Trinajstić information content (AvgIpc) is 2.88. The number of aryl methyl sites for hydroxylation is 1. The molecule has 3 aromatic rings. The molecule has 0 radical (unpaired) electrons. The maximum absolute atomic E-state index is 14.8. The van der Waals surface area contributed by atoms with Gasteiger partial charge in [-0.3, -0.25) is 13.9 Å². The van der Waals surface area contributed by atoms with Gasteiger partial charge in [0.2, 0.25) is 11.8 Å². The summed E-state index contributed by atoms with van der Waals surface area (Å²) in [6.45, 7) is 3.07. The molecule has 0 aliphatic rings.